The topological polar surface area (TPSA) is 9.23 Å². The fourth-order valence-corrected chi connectivity index (χ4v) is 24.0. The van der Waals surface area contributed by atoms with Gasteiger partial charge in [0.15, 0.2) is 0 Å². The SMILES string of the molecule is CC1=CC=C(c2cc3c([cH-]2)CCCC3)CC1.COc1ccc(-c2cc3c([cH-]2)CCCC3)cc1.C[Si](C)(C)c1cc[cH-]c1.C[Si](C)(C)c1cc[cH-]c1.C[Si](C)(C)c1cc[cH-]c1.C[Si](C)(C)c1cc[cH-]c1.C[Si](C)(C)c1cc[cH-]c1.Cc1ccc(-c2c(C)[cH-]c3c2CCCC3)cc1.[Cl][Zr+2][Cl].[Cl][Zr+2][Cl].[Cl][Zr+2][Cl].[Cl][Zr+2][Cl].[Cl][Zr+2][Cl].c1ccc(-c2c[cH-]c3c2CCCC3)cc1.c1ccc(-c2cc3c([cH-]2)CCCC3)cc1. The van der Waals surface area contributed by atoms with E-state index >= 15 is 0 Å². The molecule has 0 saturated heterocycles. The zero-order valence-corrected chi connectivity index (χ0v) is 111. The van der Waals surface area contributed by atoms with Gasteiger partial charge in [0, 0.05) is 40.4 Å². The first-order valence-electron chi connectivity index (χ1n) is 49.5. The first kappa shape index (κ1) is 127. The largest absolute Gasteiger partial charge is 0.188 e. The summed E-state index contributed by atoms with van der Waals surface area (Å²) in [5.41, 5.74) is 34.4. The number of fused-ring (bicyclic) bond motifs is 5. The summed E-state index contributed by atoms with van der Waals surface area (Å²) < 4.78 is 5.19. The van der Waals surface area contributed by atoms with E-state index in [1.807, 2.05) is 12.1 Å². The second kappa shape index (κ2) is 68.8. The minimum absolute atomic E-state index is 0.826. The average molecular weight is 2550 g/mol. The second-order valence-corrected chi connectivity index (χ2v) is 85.4. The molecule has 0 N–H and O–H groups in total. The first-order chi connectivity index (χ1) is 66.9. The predicted octanol–water partition coefficient (Wildman–Crippen LogP) is 37.5. The van der Waals surface area contributed by atoms with Crippen molar-refractivity contribution in [3.8, 4) is 50.3 Å². The Morgan fingerprint density at radius 2 is 0.600 bits per heavy atom. The van der Waals surface area contributed by atoms with Gasteiger partial charge in [-0.1, -0.05) is 352 Å². The van der Waals surface area contributed by atoms with Gasteiger partial charge in [-0.25, -0.2) is 56.3 Å². The van der Waals surface area contributed by atoms with Crippen LogP contribution in [0.2, 0.25) is 98.2 Å². The van der Waals surface area contributed by atoms with Gasteiger partial charge in [0.1, 0.15) is 5.75 Å². The van der Waals surface area contributed by atoms with Crippen LogP contribution in [0.1, 0.15) is 156 Å². The number of hydrogen-bond acceptors (Lipinski definition) is 1. The van der Waals surface area contributed by atoms with Crippen LogP contribution >= 0.6 is 85.1 Å². The standard InChI is InChI=1S/C17H19.C16H17O.C16H19.2C15H15.5C8H13Si.10ClH.5Zr/c1-12-7-9-14(10-8-12)17-13(2)11-15-5-3-4-6-16(15)17;1-17-16-8-6-12(7-9-16)15-10-13-4-2-3-5-14(13)11-15;1-12-6-8-13(9-7-12)16-10-14-4-2-3-5-15(14)11-16;1-2-6-12(7-3-1)15-10-13-8-4-5-9-14(13)11-15;1-2-6-12(7-3-1)15-11-10-13-8-4-5-9-14(13)15;5*1-9(2,3)8-6-4-5-7-8;;;;;;;;;;;;;;;/h7-11H,3-6H2,1-2H3;6-11H,2-5H2,1H3;6,8,10-11H,2-5,7,9H2,1H3;2*1-3,6-7,10-11H,4-5,8-9H2;5*4-7H,1-3H3;10*1H;;;;;/q10*-1;;;;;;;;;;;5*+4/p-10. The van der Waals surface area contributed by atoms with Crippen molar-refractivity contribution < 1.29 is 109 Å². The van der Waals surface area contributed by atoms with Crippen LogP contribution in [0.3, 0.4) is 0 Å². The van der Waals surface area contributed by atoms with Gasteiger partial charge in [-0.2, -0.15) is 189 Å². The number of rotatable bonds is 11. The van der Waals surface area contributed by atoms with E-state index in [2.05, 4.69) is 404 Å². The molecule has 0 amide bonds. The van der Waals surface area contributed by atoms with Gasteiger partial charge in [-0.15, -0.1) is 63.2 Å². The number of halogens is 10. The molecule has 0 heterocycles. The van der Waals surface area contributed by atoms with Crippen LogP contribution < -0.4 is 30.7 Å². The Labute approximate surface area is 945 Å². The molecule has 0 aliphatic heterocycles. The quantitative estimate of drug-likeness (QED) is 0.0926. The minimum Gasteiger partial charge on any atom is -0.188 e. The number of ether oxygens (including phenoxy) is 1. The number of hydrogen-bond donors (Lipinski definition) is 0. The third-order valence-corrected chi connectivity index (χ3v) is 36.2. The van der Waals surface area contributed by atoms with Gasteiger partial charge in [-0.05, 0) is 51.7 Å². The molecule has 0 atom stereocenters. The predicted molar refractivity (Wildman–Crippen MR) is 626 cm³/mol. The molecule has 14 aromatic carbocycles. The van der Waals surface area contributed by atoms with E-state index in [1.54, 1.807) is 94.3 Å². The number of aryl methyl sites for hydroxylation is 10. The Bertz CT molecular complexity index is 5290. The normalized spacial score (nSPS) is 13.2. The van der Waals surface area contributed by atoms with Crippen molar-refractivity contribution in [3.63, 3.8) is 0 Å². The maximum absolute atomic E-state index is 5.19. The van der Waals surface area contributed by atoms with Gasteiger partial charge in [-0.3, -0.25) is 0 Å². The Balaban J connectivity index is 0.000000237. The monoisotopic (exact) mass is 2530 g/mol. The van der Waals surface area contributed by atoms with Crippen LogP contribution in [-0.4, -0.2) is 47.5 Å². The second-order valence-electron chi connectivity index (χ2n) is 41.4. The Morgan fingerprint density at radius 1 is 0.286 bits per heavy atom. The molecular formula is C119H150Cl10OSi5Zr5. The van der Waals surface area contributed by atoms with Gasteiger partial charge < -0.3 is 4.74 Å². The molecule has 140 heavy (non-hydrogen) atoms. The number of allylic oxidation sites excluding steroid dienone is 4. The fourth-order valence-electron chi connectivity index (χ4n) is 18.0. The number of benzene rings is 4. The van der Waals surface area contributed by atoms with Gasteiger partial charge in [0.25, 0.3) is 0 Å². The molecule has 742 valence electrons. The van der Waals surface area contributed by atoms with Crippen molar-refractivity contribution in [2.24, 2.45) is 0 Å². The molecule has 0 aromatic heterocycles. The third-order valence-electron chi connectivity index (χ3n) is 25.9. The van der Waals surface area contributed by atoms with Gasteiger partial charge in [0.2, 0.25) is 0 Å². The van der Waals surface area contributed by atoms with Crippen molar-refractivity contribution in [3.05, 3.63) is 375 Å². The van der Waals surface area contributed by atoms with E-state index < -0.39 is 145 Å². The smallest absolute Gasteiger partial charge is 0.0456 e. The molecule has 0 unspecified atom stereocenters. The summed E-state index contributed by atoms with van der Waals surface area (Å²) >= 11 is -4.13. The van der Waals surface area contributed by atoms with Crippen LogP contribution in [-0.2, 0) is 168 Å². The van der Waals surface area contributed by atoms with E-state index in [1.165, 1.54) is 208 Å². The summed E-state index contributed by atoms with van der Waals surface area (Å²) in [5, 5.41) is 7.79. The van der Waals surface area contributed by atoms with Crippen LogP contribution in [0.4, 0.5) is 0 Å². The summed E-state index contributed by atoms with van der Waals surface area (Å²) in [6.45, 7) is 42.1. The maximum atomic E-state index is 5.19. The van der Waals surface area contributed by atoms with Gasteiger partial charge in [0.05, 0.1) is 7.11 Å². The molecular weight excluding hydrogens is 2400 g/mol. The zero-order chi connectivity index (χ0) is 103. The van der Waals surface area contributed by atoms with Crippen molar-refractivity contribution in [2.45, 2.75) is 260 Å². The summed E-state index contributed by atoms with van der Waals surface area (Å²) in [6.07, 6.45) is 33.5. The third kappa shape index (κ3) is 46.5. The van der Waals surface area contributed by atoms with Crippen molar-refractivity contribution >= 4 is 157 Å². The summed E-state index contributed by atoms with van der Waals surface area (Å²) in [5.74, 6) is 0.921. The van der Waals surface area contributed by atoms with Crippen molar-refractivity contribution in [1.82, 2.24) is 0 Å². The van der Waals surface area contributed by atoms with Crippen molar-refractivity contribution in [2.75, 3.05) is 7.11 Å². The van der Waals surface area contributed by atoms with Crippen LogP contribution in [0.5, 0.6) is 5.75 Å². The molecule has 0 saturated carbocycles. The molecule has 14 aromatic rings. The Hall–Kier alpha value is -1.94. The Morgan fingerprint density at radius 3 is 0.929 bits per heavy atom. The molecule has 0 bridgehead atoms. The molecule has 0 fully saturated rings. The average Bonchev–Trinajstić information content (AvgIpc) is 1.64. The first-order valence-corrected chi connectivity index (χ1v) is 98.6. The summed E-state index contributed by atoms with van der Waals surface area (Å²) in [7, 11) is 46.1. The molecule has 1 nitrogen and oxygen atoms in total. The van der Waals surface area contributed by atoms with E-state index in [0.717, 1.165) is 5.75 Å². The fraction of sp³-hybridized carbons (Fsp3) is 0.345. The van der Waals surface area contributed by atoms with E-state index in [4.69, 9.17) is 89.9 Å². The van der Waals surface area contributed by atoms with Crippen LogP contribution in [0.25, 0.3) is 50.1 Å². The summed E-state index contributed by atoms with van der Waals surface area (Å²) in [4.78, 5) is 0. The molecule has 6 aliphatic rings. The maximum Gasteiger partial charge on any atom is -0.0456 e. The van der Waals surface area contributed by atoms with E-state index in [9.17, 15) is 0 Å². The van der Waals surface area contributed by atoms with Crippen LogP contribution in [0, 0.1) is 13.8 Å². The van der Waals surface area contributed by atoms with Crippen LogP contribution in [0.15, 0.2) is 303 Å². The Kier molecular flexibility index (Phi) is 62.3. The zero-order valence-electron chi connectivity index (χ0n) is 86.5. The van der Waals surface area contributed by atoms with E-state index in [-0.39, 0.29) is 0 Å². The molecule has 21 heteroatoms. The molecule has 0 radical (unpaired) electrons. The molecule has 20 rings (SSSR count). The van der Waals surface area contributed by atoms with Gasteiger partial charge >= 0.3 is 189 Å². The minimum atomic E-state index is -0.981. The van der Waals surface area contributed by atoms with Crippen molar-refractivity contribution in [1.29, 1.82) is 0 Å². The number of methoxy groups -OCH3 is 1. The molecule has 0 spiro atoms. The van der Waals surface area contributed by atoms with E-state index in [0.29, 0.717) is 0 Å². The molecule has 6 aliphatic carbocycles. The summed E-state index contributed by atoms with van der Waals surface area (Å²) in [6, 6.07) is 104.